The largest absolute Gasteiger partial charge is 0.494 e. The van der Waals surface area contributed by atoms with E-state index < -0.39 is 0 Å². The Hall–Kier alpha value is -3.57. The lowest BCUT2D eigenvalue weighted by molar-refractivity contribution is 0.0603. The van der Waals surface area contributed by atoms with Crippen molar-refractivity contribution in [3.05, 3.63) is 83.9 Å². The molecule has 0 saturated heterocycles. The van der Waals surface area contributed by atoms with Gasteiger partial charge in [0.15, 0.2) is 0 Å². The number of aliphatic hydroxyl groups excluding tert-OH is 1. The number of benzene rings is 4. The van der Waals surface area contributed by atoms with Crippen molar-refractivity contribution in [1.82, 2.24) is 0 Å². The van der Waals surface area contributed by atoms with Crippen molar-refractivity contribution in [1.29, 1.82) is 0 Å². The molecule has 4 aromatic rings. The lowest BCUT2D eigenvalue weighted by Crippen LogP contribution is -2.02. The number of fused-ring (bicyclic) bond motifs is 2. The van der Waals surface area contributed by atoms with Gasteiger partial charge in [0.2, 0.25) is 0 Å². The second kappa shape index (κ2) is 18.8. The highest BCUT2D eigenvalue weighted by Gasteiger charge is 2.10. The van der Waals surface area contributed by atoms with Crippen LogP contribution in [0.3, 0.4) is 0 Å². The van der Waals surface area contributed by atoms with Crippen LogP contribution in [0.4, 0.5) is 0 Å². The monoisotopic (exact) mass is 572 g/mol. The first-order valence-electron chi connectivity index (χ1n) is 15.6. The van der Waals surface area contributed by atoms with Crippen LogP contribution < -0.4 is 9.47 Å². The van der Waals surface area contributed by atoms with Crippen molar-refractivity contribution in [2.24, 2.45) is 0 Å². The van der Waals surface area contributed by atoms with E-state index in [1.165, 1.54) is 58.5 Å². The maximum atomic E-state index is 11.8. The lowest BCUT2D eigenvalue weighted by atomic mass is 10.0. The Morgan fingerprint density at radius 3 is 1.71 bits per heavy atom. The number of ether oxygens (including phenoxy) is 3. The first-order valence-corrected chi connectivity index (χ1v) is 15.6. The molecule has 0 atom stereocenters. The van der Waals surface area contributed by atoms with Crippen LogP contribution in [0.2, 0.25) is 0 Å². The summed E-state index contributed by atoms with van der Waals surface area (Å²) >= 11 is 0. The third-order valence-corrected chi connectivity index (χ3v) is 7.40. The molecule has 0 heterocycles. The average molecular weight is 573 g/mol. The Morgan fingerprint density at radius 2 is 1.17 bits per heavy atom. The molecule has 4 rings (SSSR count). The second-order valence-corrected chi connectivity index (χ2v) is 10.7. The summed E-state index contributed by atoms with van der Waals surface area (Å²) in [6, 6.07) is 23.5. The van der Waals surface area contributed by atoms with E-state index >= 15 is 0 Å². The van der Waals surface area contributed by atoms with Gasteiger partial charge in [-0.15, -0.1) is 0 Å². The molecular formula is C37H48O5. The molecule has 0 aliphatic carbocycles. The minimum atomic E-state index is -0.310. The minimum Gasteiger partial charge on any atom is -0.494 e. The first kappa shape index (κ1) is 32.9. The lowest BCUT2D eigenvalue weighted by Gasteiger charge is -2.09. The van der Waals surface area contributed by atoms with Crippen molar-refractivity contribution < 1.29 is 24.1 Å². The van der Waals surface area contributed by atoms with Crippen LogP contribution >= 0.6 is 0 Å². The molecule has 0 bridgehead atoms. The Bertz CT molecular complexity index is 1360. The quantitative estimate of drug-likeness (QED) is 0.107. The van der Waals surface area contributed by atoms with Crippen LogP contribution in [-0.4, -0.2) is 31.4 Å². The van der Waals surface area contributed by atoms with Crippen LogP contribution in [0.15, 0.2) is 72.8 Å². The van der Waals surface area contributed by atoms with E-state index in [0.29, 0.717) is 5.56 Å². The van der Waals surface area contributed by atoms with Crippen LogP contribution in [0, 0.1) is 0 Å². The van der Waals surface area contributed by atoms with E-state index in [1.54, 1.807) is 6.07 Å². The predicted molar refractivity (Wildman–Crippen MR) is 174 cm³/mol. The van der Waals surface area contributed by atoms with Crippen molar-refractivity contribution in [2.75, 3.05) is 20.3 Å². The Kier molecular flexibility index (Phi) is 14.7. The highest BCUT2D eigenvalue weighted by molar-refractivity contribution is 6.04. The molecule has 0 saturated carbocycles. The molecule has 0 amide bonds. The van der Waals surface area contributed by atoms with Gasteiger partial charge in [0.1, 0.15) is 11.5 Å². The van der Waals surface area contributed by atoms with Gasteiger partial charge in [0.25, 0.3) is 0 Å². The number of unbranched alkanes of at least 4 members (excludes halogenated alkanes) is 8. The van der Waals surface area contributed by atoms with Gasteiger partial charge in [-0.3, -0.25) is 0 Å². The maximum absolute atomic E-state index is 11.8. The van der Waals surface area contributed by atoms with Crippen LogP contribution in [0.5, 0.6) is 11.5 Å². The zero-order valence-corrected chi connectivity index (χ0v) is 25.7. The van der Waals surface area contributed by atoms with E-state index in [0.717, 1.165) is 64.7 Å². The standard InChI is InChI=1S/C19H24O3.C18H24O2/c1-3-4-5-6-7-13-22-16-11-12-17-15(14-16)9-8-10-18(17)19(20)21-2;1-2-3-4-5-6-12-20-17-10-11-18-15(13-17)8-7-9-16(18)14-19/h8-12,14H,3-7,13H2,1-2H3;7-11,13,19H,2-6,12,14H2,1H3. The first-order chi connectivity index (χ1) is 20.6. The smallest absolute Gasteiger partial charge is 0.338 e. The SMILES string of the molecule is CCCCCCCOc1ccc2c(C(=O)OC)cccc2c1.CCCCCCCOc1ccc2c(CO)cccc2c1. The average Bonchev–Trinajstić information content (AvgIpc) is 3.03. The molecule has 0 aliphatic heterocycles. The predicted octanol–water partition coefficient (Wildman–Crippen LogP) is 9.66. The summed E-state index contributed by atoms with van der Waals surface area (Å²) in [4.78, 5) is 11.8. The minimum absolute atomic E-state index is 0.0783. The summed E-state index contributed by atoms with van der Waals surface area (Å²) in [5, 5.41) is 13.4. The third kappa shape index (κ3) is 10.4. The van der Waals surface area contributed by atoms with Crippen LogP contribution in [-0.2, 0) is 11.3 Å². The second-order valence-electron chi connectivity index (χ2n) is 10.7. The van der Waals surface area contributed by atoms with Crippen molar-refractivity contribution >= 4 is 27.5 Å². The summed E-state index contributed by atoms with van der Waals surface area (Å²) in [7, 11) is 1.40. The normalized spacial score (nSPS) is 10.8. The highest BCUT2D eigenvalue weighted by Crippen LogP contribution is 2.26. The highest BCUT2D eigenvalue weighted by atomic mass is 16.5. The Morgan fingerprint density at radius 1 is 0.643 bits per heavy atom. The number of rotatable bonds is 16. The van der Waals surface area contributed by atoms with E-state index in [9.17, 15) is 9.90 Å². The van der Waals surface area contributed by atoms with Crippen molar-refractivity contribution in [3.8, 4) is 11.5 Å². The van der Waals surface area contributed by atoms with E-state index in [1.807, 2.05) is 54.6 Å². The maximum Gasteiger partial charge on any atom is 0.338 e. The number of carbonyl (C=O) groups excluding carboxylic acids is 1. The molecule has 226 valence electrons. The van der Waals surface area contributed by atoms with E-state index in [-0.39, 0.29) is 12.6 Å². The fourth-order valence-corrected chi connectivity index (χ4v) is 4.99. The molecule has 0 spiro atoms. The zero-order chi connectivity index (χ0) is 30.0. The van der Waals surface area contributed by atoms with Gasteiger partial charge >= 0.3 is 5.97 Å². The van der Waals surface area contributed by atoms with Gasteiger partial charge in [0.05, 0.1) is 32.5 Å². The molecule has 5 nitrogen and oxygen atoms in total. The zero-order valence-electron chi connectivity index (χ0n) is 25.7. The van der Waals surface area contributed by atoms with E-state index in [4.69, 9.17) is 14.2 Å². The molecule has 1 N–H and O–H groups in total. The van der Waals surface area contributed by atoms with Crippen molar-refractivity contribution in [3.63, 3.8) is 0 Å². The summed E-state index contributed by atoms with van der Waals surface area (Å²) in [6.07, 6.45) is 12.4. The number of carbonyl (C=O) groups is 1. The summed E-state index contributed by atoms with van der Waals surface area (Å²) in [6.45, 7) is 6.05. The molecule has 5 heteroatoms. The number of methoxy groups -OCH3 is 1. The summed E-state index contributed by atoms with van der Waals surface area (Å²) < 4.78 is 16.4. The molecule has 0 aromatic heterocycles. The van der Waals surface area contributed by atoms with Crippen molar-refractivity contribution in [2.45, 2.75) is 84.7 Å². The van der Waals surface area contributed by atoms with Gasteiger partial charge in [-0.1, -0.05) is 102 Å². The fraction of sp³-hybridized carbons (Fsp3) is 0.432. The molecule has 42 heavy (non-hydrogen) atoms. The number of aliphatic hydroxyl groups is 1. The van der Waals surface area contributed by atoms with Gasteiger partial charge in [0, 0.05) is 0 Å². The third-order valence-electron chi connectivity index (χ3n) is 7.40. The topological polar surface area (TPSA) is 65.0 Å². The number of hydrogen-bond acceptors (Lipinski definition) is 5. The molecule has 0 aliphatic rings. The summed E-state index contributed by atoms with van der Waals surface area (Å²) in [5.74, 6) is 1.46. The van der Waals surface area contributed by atoms with Crippen LogP contribution in [0.1, 0.15) is 94.0 Å². The summed E-state index contributed by atoms with van der Waals surface area (Å²) in [5.41, 5.74) is 1.56. The molecule has 4 aromatic carbocycles. The Balaban J connectivity index is 0.000000231. The Labute approximate surface area is 251 Å². The number of hydrogen-bond donors (Lipinski definition) is 1. The number of esters is 1. The van der Waals surface area contributed by atoms with Gasteiger partial charge in [-0.25, -0.2) is 4.79 Å². The molecule has 0 unspecified atom stereocenters. The van der Waals surface area contributed by atoms with Gasteiger partial charge in [-0.2, -0.15) is 0 Å². The molecular weight excluding hydrogens is 524 g/mol. The van der Waals surface area contributed by atoms with E-state index in [2.05, 4.69) is 26.0 Å². The van der Waals surface area contributed by atoms with Gasteiger partial charge < -0.3 is 19.3 Å². The molecule has 0 fully saturated rings. The molecule has 0 radical (unpaired) electrons. The van der Waals surface area contributed by atoms with Crippen LogP contribution in [0.25, 0.3) is 21.5 Å². The van der Waals surface area contributed by atoms with Gasteiger partial charge in [-0.05, 0) is 76.3 Å². The fourth-order valence-electron chi connectivity index (χ4n) is 4.99.